The van der Waals surface area contributed by atoms with Crippen molar-refractivity contribution in [3.8, 4) is 0 Å². The lowest BCUT2D eigenvalue weighted by atomic mass is 9.97. The van der Waals surface area contributed by atoms with E-state index in [2.05, 4.69) is 10.2 Å². The number of aryl methyl sites for hydroxylation is 1. The summed E-state index contributed by atoms with van der Waals surface area (Å²) in [5.74, 6) is -0.624. The highest BCUT2D eigenvalue weighted by molar-refractivity contribution is 5.92. The van der Waals surface area contributed by atoms with Gasteiger partial charge in [0, 0.05) is 12.0 Å². The van der Waals surface area contributed by atoms with Crippen LogP contribution in [0.25, 0.3) is 0 Å². The highest BCUT2D eigenvalue weighted by Gasteiger charge is 2.34. The zero-order chi connectivity index (χ0) is 21.9. The van der Waals surface area contributed by atoms with Gasteiger partial charge in [-0.05, 0) is 60.1 Å². The Morgan fingerprint density at radius 2 is 1.86 bits per heavy atom. The van der Waals surface area contributed by atoms with Gasteiger partial charge in [0.1, 0.15) is 12.1 Å². The minimum Gasteiger partial charge on any atom is -0.451 e. The standard InChI is InChI=1S/C21H28FN3O.C2H4O/c1-16-11-12-19(22)18(15-16)20(23)26-21(24-2,13-8-14-25(3)4)17-9-6-5-7-10-17;1-2-3/h5-7,9-12,15,23-24H,8,13-14H2,1-4H3;2H,1H3. The molecule has 0 bridgehead atoms. The van der Waals surface area contributed by atoms with Crippen molar-refractivity contribution >= 4 is 12.2 Å². The van der Waals surface area contributed by atoms with E-state index in [1.807, 2.05) is 58.4 Å². The van der Waals surface area contributed by atoms with Crippen molar-refractivity contribution in [1.82, 2.24) is 10.2 Å². The summed E-state index contributed by atoms with van der Waals surface area (Å²) in [6.07, 6.45) is 2.27. The first-order valence-corrected chi connectivity index (χ1v) is 9.62. The number of carbonyl (C=O) groups excluding carboxylic acids is 1. The maximum Gasteiger partial charge on any atom is 0.218 e. The fraction of sp³-hybridized carbons (Fsp3) is 0.391. The van der Waals surface area contributed by atoms with Crippen molar-refractivity contribution in [2.45, 2.75) is 32.4 Å². The van der Waals surface area contributed by atoms with E-state index in [1.54, 1.807) is 12.1 Å². The van der Waals surface area contributed by atoms with Gasteiger partial charge < -0.3 is 14.4 Å². The molecule has 2 rings (SSSR count). The first-order chi connectivity index (χ1) is 13.8. The molecule has 2 N–H and O–H groups in total. The van der Waals surface area contributed by atoms with E-state index in [4.69, 9.17) is 14.9 Å². The lowest BCUT2D eigenvalue weighted by molar-refractivity contribution is -0.106. The molecular formula is C23H32FN3O2. The highest BCUT2D eigenvalue weighted by atomic mass is 19.1. The minimum atomic E-state index is -0.884. The van der Waals surface area contributed by atoms with Crippen molar-refractivity contribution in [3.63, 3.8) is 0 Å². The molecule has 1 unspecified atom stereocenters. The summed E-state index contributed by atoms with van der Waals surface area (Å²) in [5, 5.41) is 11.6. The molecule has 0 aliphatic carbocycles. The number of hydrogen-bond acceptors (Lipinski definition) is 5. The third-order valence-electron chi connectivity index (χ3n) is 4.42. The Labute approximate surface area is 173 Å². The summed E-state index contributed by atoms with van der Waals surface area (Å²) in [7, 11) is 5.85. The van der Waals surface area contributed by atoms with E-state index >= 15 is 0 Å². The largest absolute Gasteiger partial charge is 0.451 e. The molecule has 0 fully saturated rings. The van der Waals surface area contributed by atoms with Gasteiger partial charge in [-0.25, -0.2) is 4.39 Å². The fourth-order valence-corrected chi connectivity index (χ4v) is 2.97. The van der Waals surface area contributed by atoms with E-state index in [0.29, 0.717) is 6.42 Å². The van der Waals surface area contributed by atoms with E-state index < -0.39 is 11.5 Å². The van der Waals surface area contributed by atoms with Crippen LogP contribution in [-0.2, 0) is 15.3 Å². The Kier molecular flexibility index (Phi) is 10.2. The number of ether oxygens (including phenoxy) is 1. The Morgan fingerprint density at radius 3 is 2.41 bits per heavy atom. The fourth-order valence-electron chi connectivity index (χ4n) is 2.97. The van der Waals surface area contributed by atoms with Gasteiger partial charge in [-0.2, -0.15) is 0 Å². The molecule has 0 aliphatic rings. The molecule has 0 aliphatic heterocycles. The average molecular weight is 402 g/mol. The predicted molar refractivity (Wildman–Crippen MR) is 116 cm³/mol. The molecule has 0 spiro atoms. The van der Waals surface area contributed by atoms with Gasteiger partial charge in [0.2, 0.25) is 5.90 Å². The predicted octanol–water partition coefficient (Wildman–Crippen LogP) is 4.10. The van der Waals surface area contributed by atoms with Gasteiger partial charge >= 0.3 is 0 Å². The third kappa shape index (κ3) is 7.40. The number of rotatable bonds is 8. The number of halogens is 1. The molecule has 0 saturated carbocycles. The normalized spacial score (nSPS) is 12.5. The molecule has 0 amide bonds. The molecule has 6 heteroatoms. The van der Waals surface area contributed by atoms with Crippen molar-refractivity contribution in [1.29, 1.82) is 5.41 Å². The number of aldehydes is 1. The summed E-state index contributed by atoms with van der Waals surface area (Å²) in [4.78, 5) is 10.9. The SMILES string of the molecule is CC=O.CNC(CCCN(C)C)(OC(=N)c1cc(C)ccc1F)c1ccccc1. The van der Waals surface area contributed by atoms with Gasteiger partial charge in [-0.15, -0.1) is 0 Å². The second kappa shape index (κ2) is 12.1. The molecule has 2 aromatic carbocycles. The zero-order valence-electron chi connectivity index (χ0n) is 18.0. The second-order valence-electron chi connectivity index (χ2n) is 7.00. The quantitative estimate of drug-likeness (QED) is 0.303. The van der Waals surface area contributed by atoms with Crippen LogP contribution in [0.3, 0.4) is 0 Å². The molecule has 1 atom stereocenters. The van der Waals surface area contributed by atoms with Crippen molar-refractivity contribution in [2.75, 3.05) is 27.7 Å². The summed E-state index contributed by atoms with van der Waals surface area (Å²) in [6, 6.07) is 14.4. The number of hydrogen-bond donors (Lipinski definition) is 2. The molecule has 2 aromatic rings. The van der Waals surface area contributed by atoms with Crippen LogP contribution in [0.1, 0.15) is 36.5 Å². The second-order valence-corrected chi connectivity index (χ2v) is 7.00. The summed E-state index contributed by atoms with van der Waals surface area (Å²) in [5.41, 5.74) is 1.09. The first-order valence-electron chi connectivity index (χ1n) is 9.62. The topological polar surface area (TPSA) is 65.4 Å². The van der Waals surface area contributed by atoms with Crippen LogP contribution in [0.15, 0.2) is 48.5 Å². The Hall–Kier alpha value is -2.57. The highest BCUT2D eigenvalue weighted by Crippen LogP contribution is 2.29. The van der Waals surface area contributed by atoms with E-state index in [-0.39, 0.29) is 11.5 Å². The molecule has 158 valence electrons. The Morgan fingerprint density at radius 1 is 1.24 bits per heavy atom. The summed E-state index contributed by atoms with van der Waals surface area (Å²) in [6.45, 7) is 4.21. The van der Waals surface area contributed by atoms with Crippen LogP contribution in [0.5, 0.6) is 0 Å². The number of benzene rings is 2. The lowest BCUT2D eigenvalue weighted by Crippen LogP contribution is -2.45. The van der Waals surface area contributed by atoms with Gasteiger partial charge in [0.25, 0.3) is 0 Å². The van der Waals surface area contributed by atoms with Gasteiger partial charge in [0.05, 0.1) is 5.56 Å². The zero-order valence-corrected chi connectivity index (χ0v) is 18.0. The minimum absolute atomic E-state index is 0.172. The van der Waals surface area contributed by atoms with Crippen LogP contribution in [0, 0.1) is 18.2 Å². The van der Waals surface area contributed by atoms with Crippen LogP contribution >= 0.6 is 0 Å². The first kappa shape index (κ1) is 24.5. The molecule has 0 saturated heterocycles. The van der Waals surface area contributed by atoms with Crippen molar-refractivity contribution < 1.29 is 13.9 Å². The van der Waals surface area contributed by atoms with Gasteiger partial charge in [-0.1, -0.05) is 42.0 Å². The molecule has 0 heterocycles. The van der Waals surface area contributed by atoms with Gasteiger partial charge in [0.15, 0.2) is 5.72 Å². The monoisotopic (exact) mass is 401 g/mol. The van der Waals surface area contributed by atoms with Crippen molar-refractivity contribution in [2.24, 2.45) is 0 Å². The molecule has 29 heavy (non-hydrogen) atoms. The number of nitrogens with zero attached hydrogens (tertiary/aromatic N) is 1. The van der Waals surface area contributed by atoms with Crippen molar-refractivity contribution in [3.05, 3.63) is 71.0 Å². The lowest BCUT2D eigenvalue weighted by Gasteiger charge is -2.35. The Balaban J connectivity index is 0.00000132. The molecule has 0 radical (unpaired) electrons. The average Bonchev–Trinajstić information content (AvgIpc) is 2.70. The van der Waals surface area contributed by atoms with E-state index in [1.165, 1.54) is 13.0 Å². The maximum atomic E-state index is 14.2. The van der Waals surface area contributed by atoms with Crippen LogP contribution < -0.4 is 5.32 Å². The number of nitrogens with one attached hydrogen (secondary N) is 2. The van der Waals surface area contributed by atoms with E-state index in [9.17, 15) is 4.39 Å². The Bertz CT molecular complexity index is 781. The molecule has 0 aromatic heterocycles. The number of carbonyl (C=O) groups is 1. The summed E-state index contributed by atoms with van der Waals surface area (Å²) < 4.78 is 20.3. The van der Waals surface area contributed by atoms with Crippen LogP contribution in [0.2, 0.25) is 0 Å². The van der Waals surface area contributed by atoms with E-state index in [0.717, 1.165) is 30.4 Å². The summed E-state index contributed by atoms with van der Waals surface area (Å²) >= 11 is 0. The molecule has 5 nitrogen and oxygen atoms in total. The van der Waals surface area contributed by atoms with Crippen LogP contribution in [-0.4, -0.2) is 44.8 Å². The maximum absolute atomic E-state index is 14.2. The van der Waals surface area contributed by atoms with Gasteiger partial charge in [-0.3, -0.25) is 10.7 Å². The van der Waals surface area contributed by atoms with Crippen LogP contribution in [0.4, 0.5) is 4.39 Å². The third-order valence-corrected chi connectivity index (χ3v) is 4.42. The molecular weight excluding hydrogens is 369 g/mol. The smallest absolute Gasteiger partial charge is 0.218 e.